The third-order valence-electron chi connectivity index (χ3n) is 15.5. The number of ether oxygens (including phenoxy) is 6. The number of carbonyl (C=O) groups excluding carboxylic acids is 7. The Balaban J connectivity index is 0. The van der Waals surface area contributed by atoms with Crippen molar-refractivity contribution in [1.82, 2.24) is 0 Å². The number of carbonyl (C=O) groups is 7. The van der Waals surface area contributed by atoms with Gasteiger partial charge in [0.15, 0.2) is 11.5 Å². The van der Waals surface area contributed by atoms with Crippen molar-refractivity contribution in [3.05, 3.63) is 89.0 Å². The van der Waals surface area contributed by atoms with Gasteiger partial charge >= 0.3 is 29.8 Å². The molecule has 0 bridgehead atoms. The number of hydrogen-bond acceptors (Lipinski definition) is 13. The minimum Gasteiger partial charge on any atom is -0.493 e. The number of esters is 5. The first kappa shape index (κ1) is 81.8. The number of rotatable bonds is 34. The lowest BCUT2D eigenvalue weighted by atomic mass is 9.91. The Kier molecular flexibility index (Phi) is 44.6. The van der Waals surface area contributed by atoms with Gasteiger partial charge < -0.3 is 28.4 Å². The summed E-state index contributed by atoms with van der Waals surface area (Å²) in [6, 6.07) is 18.6. The summed E-state index contributed by atoms with van der Waals surface area (Å²) in [5.74, 6) is 3.03. The van der Waals surface area contributed by atoms with Crippen molar-refractivity contribution in [3.63, 3.8) is 0 Å². The van der Waals surface area contributed by atoms with Crippen molar-refractivity contribution in [3.8, 4) is 29.3 Å². The molecule has 0 saturated carbocycles. The molecule has 0 fully saturated rings. The van der Waals surface area contributed by atoms with Crippen LogP contribution in [-0.2, 0) is 33.4 Å². The molecular weight excluding hydrogens is 1080 g/mol. The number of hydrogen-bond donors (Lipinski definition) is 0. The van der Waals surface area contributed by atoms with E-state index >= 15 is 0 Å². The Bertz CT molecular complexity index is 2420. The van der Waals surface area contributed by atoms with Gasteiger partial charge in [-0.3, -0.25) is 28.8 Å². The average molecular weight is 1200 g/mol. The Morgan fingerprint density at radius 1 is 0.477 bits per heavy atom. The van der Waals surface area contributed by atoms with Gasteiger partial charge in [-0.15, -0.1) is 0 Å². The summed E-state index contributed by atoms with van der Waals surface area (Å²) in [6.45, 7) is 34.4. The molecule has 13 nitrogen and oxygen atoms in total. The van der Waals surface area contributed by atoms with Crippen molar-refractivity contribution in [2.24, 2.45) is 21.7 Å². The Morgan fingerprint density at radius 2 is 0.884 bits per heavy atom. The molecule has 3 aromatic carbocycles. The van der Waals surface area contributed by atoms with Gasteiger partial charge in [-0.05, 0) is 166 Å². The standard InChI is InChI=1S/C22H44O2.C18H18O3.C14H18O4.C10H20O2.C9H14O2/c1-5-7-8-9-10-11-12-13-14-15-16-17-18-19-20-24-21(23)22(3,4)6-2;1-3-13(2)15-6-8-16(9-7-15)18(20)21-17-10-4-14(12-19)5-11-17;1-5-14(2,3)13(16)18-11-7-6-10(9-15)8-12(11)17-4;1-5-7-8-12-9(11)10(3,4)6-2;1-5-7-11-8(10)9(3,4)6-2/h5-20H2,1-4H3;4-13H,3H2,1-2H3;6-9H,5H2,1-4H3;5-8H2,1-4H3;6H2,1-4H3. The molecule has 0 N–H and O–H groups in total. The third-order valence-corrected chi connectivity index (χ3v) is 15.5. The topological polar surface area (TPSA) is 175 Å². The Morgan fingerprint density at radius 3 is 1.29 bits per heavy atom. The minimum atomic E-state index is -0.547. The van der Waals surface area contributed by atoms with Crippen LogP contribution in [0.2, 0.25) is 0 Å². The average Bonchev–Trinajstić information content (AvgIpc) is 2.74. The van der Waals surface area contributed by atoms with Gasteiger partial charge in [0.05, 0.1) is 47.5 Å². The van der Waals surface area contributed by atoms with Crippen molar-refractivity contribution in [2.75, 3.05) is 20.3 Å². The molecule has 0 spiro atoms. The summed E-state index contributed by atoms with van der Waals surface area (Å²) < 4.78 is 30.8. The molecule has 0 heterocycles. The number of aldehydes is 2. The fourth-order valence-corrected chi connectivity index (χ4v) is 7.02. The smallest absolute Gasteiger partial charge is 0.343 e. The molecule has 3 rings (SSSR count). The fourth-order valence-electron chi connectivity index (χ4n) is 7.02. The molecule has 86 heavy (non-hydrogen) atoms. The van der Waals surface area contributed by atoms with Crippen LogP contribution in [0, 0.1) is 33.7 Å². The van der Waals surface area contributed by atoms with E-state index in [0.717, 1.165) is 51.2 Å². The lowest BCUT2D eigenvalue weighted by molar-refractivity contribution is -0.155. The molecule has 0 radical (unpaired) electrons. The van der Waals surface area contributed by atoms with E-state index in [1.807, 2.05) is 95.2 Å². The molecule has 484 valence electrons. The summed E-state index contributed by atoms with van der Waals surface area (Å²) in [7, 11) is 1.46. The highest BCUT2D eigenvalue weighted by molar-refractivity contribution is 5.91. The Labute approximate surface area is 520 Å². The quantitative estimate of drug-likeness (QED) is 0.0138. The van der Waals surface area contributed by atoms with Crippen LogP contribution in [-0.4, -0.2) is 62.7 Å². The van der Waals surface area contributed by atoms with E-state index in [2.05, 4.69) is 44.5 Å². The zero-order valence-corrected chi connectivity index (χ0v) is 56.7. The highest BCUT2D eigenvalue weighted by atomic mass is 16.6. The zero-order chi connectivity index (χ0) is 65.6. The van der Waals surface area contributed by atoms with Crippen LogP contribution in [0.5, 0.6) is 17.2 Å². The van der Waals surface area contributed by atoms with Gasteiger partial charge in [-0.1, -0.05) is 163 Å². The van der Waals surface area contributed by atoms with E-state index in [1.165, 1.54) is 102 Å². The lowest BCUT2D eigenvalue weighted by Crippen LogP contribution is -2.28. The molecule has 0 aliphatic heterocycles. The summed E-state index contributed by atoms with van der Waals surface area (Å²) in [4.78, 5) is 79.5. The third kappa shape index (κ3) is 36.0. The van der Waals surface area contributed by atoms with Crippen molar-refractivity contribution >= 4 is 42.4 Å². The maximum atomic E-state index is 12.0. The van der Waals surface area contributed by atoms with Crippen molar-refractivity contribution < 1.29 is 62.0 Å². The van der Waals surface area contributed by atoms with E-state index in [9.17, 15) is 33.6 Å². The highest BCUT2D eigenvalue weighted by Crippen LogP contribution is 2.31. The minimum absolute atomic E-state index is 0.0419. The second-order valence-corrected chi connectivity index (χ2v) is 24.3. The monoisotopic (exact) mass is 1200 g/mol. The first-order valence-corrected chi connectivity index (χ1v) is 31.9. The van der Waals surface area contributed by atoms with Gasteiger partial charge in [0.2, 0.25) is 0 Å². The first-order valence-electron chi connectivity index (χ1n) is 31.9. The van der Waals surface area contributed by atoms with Crippen LogP contribution in [0.25, 0.3) is 0 Å². The maximum Gasteiger partial charge on any atom is 0.343 e. The molecule has 3 aromatic rings. The van der Waals surface area contributed by atoms with Crippen molar-refractivity contribution in [2.45, 2.75) is 258 Å². The lowest BCUT2D eigenvalue weighted by Gasteiger charge is -2.20. The van der Waals surface area contributed by atoms with Gasteiger partial charge in [0.25, 0.3) is 0 Å². The summed E-state index contributed by atoms with van der Waals surface area (Å²) >= 11 is 0. The van der Waals surface area contributed by atoms with Gasteiger partial charge in [0.1, 0.15) is 24.4 Å². The van der Waals surface area contributed by atoms with E-state index in [4.69, 9.17) is 23.7 Å². The summed E-state index contributed by atoms with van der Waals surface area (Å²) in [6.07, 6.45) is 28.9. The van der Waals surface area contributed by atoms with E-state index in [-0.39, 0.29) is 34.7 Å². The van der Waals surface area contributed by atoms with Crippen LogP contribution in [0.3, 0.4) is 0 Å². The molecule has 1 atom stereocenters. The van der Waals surface area contributed by atoms with Crippen LogP contribution in [0.1, 0.15) is 295 Å². The number of methoxy groups -OCH3 is 1. The Hall–Kier alpha value is -6.29. The molecule has 0 saturated heterocycles. The summed E-state index contributed by atoms with van der Waals surface area (Å²) in [5.41, 5.74) is 1.15. The molecule has 1 unspecified atom stereocenters. The predicted molar refractivity (Wildman–Crippen MR) is 349 cm³/mol. The van der Waals surface area contributed by atoms with Gasteiger partial charge in [0, 0.05) is 18.1 Å². The molecule has 0 amide bonds. The second-order valence-electron chi connectivity index (χ2n) is 24.3. The molecule has 13 heteroatoms. The molecular formula is C73H114O13. The van der Waals surface area contributed by atoms with Crippen LogP contribution in [0.4, 0.5) is 0 Å². The molecule has 0 aromatic heterocycles. The van der Waals surface area contributed by atoms with Crippen LogP contribution in [0.15, 0.2) is 66.7 Å². The molecule has 0 aliphatic rings. The molecule has 0 aliphatic carbocycles. The fraction of sp³-hybridized carbons (Fsp3) is 0.630. The largest absolute Gasteiger partial charge is 0.493 e. The van der Waals surface area contributed by atoms with Gasteiger partial charge in [-0.2, -0.15) is 0 Å². The highest BCUT2D eigenvalue weighted by Gasteiger charge is 2.30. The normalized spacial score (nSPS) is 11.2. The van der Waals surface area contributed by atoms with Crippen LogP contribution < -0.4 is 14.2 Å². The zero-order valence-electron chi connectivity index (χ0n) is 56.7. The van der Waals surface area contributed by atoms with Gasteiger partial charge in [-0.25, -0.2) is 4.79 Å². The van der Waals surface area contributed by atoms with E-state index < -0.39 is 16.8 Å². The first-order chi connectivity index (χ1) is 40.7. The number of benzene rings is 3. The second kappa shape index (κ2) is 46.9. The van der Waals surface area contributed by atoms with E-state index in [1.54, 1.807) is 55.5 Å². The van der Waals surface area contributed by atoms with Crippen LogP contribution >= 0.6 is 0 Å². The maximum absolute atomic E-state index is 12.0. The summed E-state index contributed by atoms with van der Waals surface area (Å²) in [5, 5.41) is 0. The van der Waals surface area contributed by atoms with Crippen molar-refractivity contribution in [1.29, 1.82) is 0 Å². The van der Waals surface area contributed by atoms with E-state index in [0.29, 0.717) is 65.8 Å². The SMILES string of the molecule is CC#COC(=O)C(C)(C)CC.CCC(C)(C)C(=O)Oc1ccc(C=O)cc1OC.CCC(C)c1ccc(C(=O)Oc2ccc(C=O)cc2)cc1.CCCCCCCCCCCCCCCCOC(=O)C(C)(C)CC.CCCCOC(=O)C(C)(C)CC. The predicted octanol–water partition coefficient (Wildman–Crippen LogP) is 19.2. The number of unbranched alkanes of at least 4 members (excludes halogenated alkanes) is 14.